The Morgan fingerprint density at radius 2 is 1.82 bits per heavy atom. The number of nitrogens with zero attached hydrogens (tertiary/aromatic N) is 2. The van der Waals surface area contributed by atoms with E-state index in [4.69, 9.17) is 4.74 Å². The van der Waals surface area contributed by atoms with E-state index in [1.807, 2.05) is 23.6 Å². The van der Waals surface area contributed by atoms with Gasteiger partial charge in [-0.3, -0.25) is 4.90 Å². The summed E-state index contributed by atoms with van der Waals surface area (Å²) in [5.41, 5.74) is 2.14. The van der Waals surface area contributed by atoms with Crippen molar-refractivity contribution >= 4 is 22.4 Å². The molecule has 0 N–H and O–H groups in total. The van der Waals surface area contributed by atoms with Gasteiger partial charge in [-0.1, -0.05) is 42.5 Å². The lowest BCUT2D eigenvalue weighted by atomic mass is 9.83. The third-order valence-electron chi connectivity index (χ3n) is 7.46. The van der Waals surface area contributed by atoms with Crippen molar-refractivity contribution in [1.82, 2.24) is 0 Å². The molecule has 4 heterocycles. The summed E-state index contributed by atoms with van der Waals surface area (Å²) in [6.45, 7) is 4.71. The molecule has 2 bridgehead atoms. The molecule has 0 unspecified atom stereocenters. The minimum absolute atomic E-state index is 0.0540. The van der Waals surface area contributed by atoms with Crippen LogP contribution >= 0.6 is 11.3 Å². The summed E-state index contributed by atoms with van der Waals surface area (Å²) in [6.07, 6.45) is 4.10. The number of carbonyl (C=O) groups is 1. The molecule has 0 aliphatic carbocycles. The van der Waals surface area contributed by atoms with E-state index in [2.05, 4.69) is 30.3 Å². The molecule has 3 aliphatic rings. The van der Waals surface area contributed by atoms with Crippen molar-refractivity contribution in [2.45, 2.75) is 38.3 Å². The molecule has 3 aromatic rings. The van der Waals surface area contributed by atoms with Gasteiger partial charge in [-0.25, -0.2) is 9.18 Å². The highest BCUT2D eigenvalue weighted by Gasteiger charge is 2.47. The molecule has 0 saturated carbocycles. The number of hydrogen-bond donors (Lipinski definition) is 0. The Hall–Kier alpha value is -2.70. The topological polar surface area (TPSA) is 29.5 Å². The number of hydrogen-bond acceptors (Lipinski definition) is 3. The van der Waals surface area contributed by atoms with E-state index >= 15 is 0 Å². The summed E-state index contributed by atoms with van der Waals surface area (Å²) in [5.74, 6) is 0.147. The highest BCUT2D eigenvalue weighted by Crippen LogP contribution is 2.37. The Balaban J connectivity index is 1.24. The maximum Gasteiger partial charge on any atom is 0.415 e. The van der Waals surface area contributed by atoms with Crippen LogP contribution in [-0.2, 0) is 17.7 Å². The Morgan fingerprint density at radius 3 is 2.56 bits per heavy atom. The monoisotopic (exact) mass is 479 g/mol. The zero-order chi connectivity index (χ0) is 23.4. The molecule has 3 aliphatic heterocycles. The summed E-state index contributed by atoms with van der Waals surface area (Å²) in [5, 5.41) is 2.77. The molecule has 1 aromatic heterocycles. The summed E-state index contributed by atoms with van der Waals surface area (Å²) in [6, 6.07) is 20.9. The van der Waals surface area contributed by atoms with Crippen LogP contribution in [0.2, 0.25) is 0 Å². The maximum absolute atomic E-state index is 13.8. The van der Waals surface area contributed by atoms with E-state index in [-0.39, 0.29) is 18.0 Å². The molecule has 3 saturated heterocycles. The van der Waals surface area contributed by atoms with Crippen molar-refractivity contribution in [3.05, 3.63) is 89.1 Å². The molecule has 3 fully saturated rings. The lowest BCUT2D eigenvalue weighted by Crippen LogP contribution is -2.65. The number of thiophene rings is 1. The van der Waals surface area contributed by atoms with Gasteiger partial charge in [-0.15, -0.1) is 11.3 Å². The molecule has 1 amide bonds. The Morgan fingerprint density at radius 1 is 1.03 bits per heavy atom. The molecule has 0 spiro atoms. The summed E-state index contributed by atoms with van der Waals surface area (Å²) < 4.78 is 21.0. The van der Waals surface area contributed by atoms with Gasteiger partial charge in [0, 0.05) is 25.2 Å². The fraction of sp³-hybridized carbons (Fsp3) is 0.393. The lowest BCUT2D eigenvalue weighted by Gasteiger charge is -2.52. The van der Waals surface area contributed by atoms with Gasteiger partial charge in [0.2, 0.25) is 0 Å². The number of halogens is 1. The van der Waals surface area contributed by atoms with Crippen LogP contribution in [-0.4, -0.2) is 42.9 Å². The molecular weight excluding hydrogens is 447 g/mol. The second-order valence-electron chi connectivity index (χ2n) is 9.71. The van der Waals surface area contributed by atoms with Crippen LogP contribution in [0.5, 0.6) is 0 Å². The highest BCUT2D eigenvalue weighted by molar-refractivity contribution is 7.14. The van der Waals surface area contributed by atoms with Crippen molar-refractivity contribution in [1.29, 1.82) is 0 Å². The first kappa shape index (κ1) is 23.1. The van der Waals surface area contributed by atoms with E-state index in [1.54, 1.807) is 11.0 Å². The molecule has 34 heavy (non-hydrogen) atoms. The van der Waals surface area contributed by atoms with Crippen molar-refractivity contribution in [2.24, 2.45) is 5.92 Å². The second kappa shape index (κ2) is 10.3. The van der Waals surface area contributed by atoms with Gasteiger partial charge in [-0.05, 0) is 47.2 Å². The van der Waals surface area contributed by atoms with Crippen molar-refractivity contribution < 1.29 is 18.4 Å². The van der Waals surface area contributed by atoms with Crippen molar-refractivity contribution in [3.63, 3.8) is 0 Å². The first-order valence-corrected chi connectivity index (χ1v) is 13.1. The molecule has 6 rings (SSSR count). The highest BCUT2D eigenvalue weighted by atomic mass is 32.1. The molecule has 4 nitrogen and oxygen atoms in total. The third kappa shape index (κ3) is 5.34. The van der Waals surface area contributed by atoms with Gasteiger partial charge < -0.3 is 9.22 Å². The van der Waals surface area contributed by atoms with Crippen LogP contribution < -0.4 is 4.90 Å². The number of aryl methyl sites for hydroxylation is 1. The smallest absolute Gasteiger partial charge is 0.415 e. The average Bonchev–Trinajstić information content (AvgIpc) is 3.38. The first-order chi connectivity index (χ1) is 16.6. The zero-order valence-corrected chi connectivity index (χ0v) is 20.3. The average molecular weight is 480 g/mol. The molecular formula is C28H32FN2O2S+. The zero-order valence-electron chi connectivity index (χ0n) is 19.4. The van der Waals surface area contributed by atoms with Gasteiger partial charge in [0.05, 0.1) is 26.2 Å². The lowest BCUT2D eigenvalue weighted by molar-refractivity contribution is -0.946. The number of benzene rings is 2. The minimum atomic E-state index is -0.326. The van der Waals surface area contributed by atoms with Crippen molar-refractivity contribution in [3.8, 4) is 0 Å². The largest absolute Gasteiger partial charge is 0.439 e. The number of anilines is 1. The van der Waals surface area contributed by atoms with Gasteiger partial charge in [0.25, 0.3) is 0 Å². The number of fused-ring (bicyclic) bond motifs is 3. The standard InChI is InChI=1S/C28H32FN2O2S/c29-25-11-4-9-23(19-25)20-30(27-12-6-18-34-27)28(32)33-26-21-31(16-13-24(26)14-17-31)15-5-10-22-7-2-1-3-8-22/h1-4,6-9,11-12,18-19,24,26H,5,10,13-17,20-21H2/q+1/t24?,26-,31?/m0/s1. The fourth-order valence-corrected chi connectivity index (χ4v) is 6.32. The Bertz CT molecular complexity index is 1080. The predicted octanol–water partition coefficient (Wildman–Crippen LogP) is 6.27. The maximum atomic E-state index is 13.8. The number of piperidine rings is 3. The van der Waals surface area contributed by atoms with Crippen LogP contribution in [0, 0.1) is 11.7 Å². The third-order valence-corrected chi connectivity index (χ3v) is 8.35. The Labute approximate surface area is 205 Å². The van der Waals surface area contributed by atoms with Gasteiger partial charge >= 0.3 is 6.09 Å². The van der Waals surface area contributed by atoms with Crippen LogP contribution in [0.25, 0.3) is 0 Å². The van der Waals surface area contributed by atoms with Crippen LogP contribution in [0.1, 0.15) is 30.4 Å². The van der Waals surface area contributed by atoms with Gasteiger partial charge in [0.15, 0.2) is 6.10 Å². The van der Waals surface area contributed by atoms with Crippen LogP contribution in [0.3, 0.4) is 0 Å². The van der Waals surface area contributed by atoms with E-state index in [0.29, 0.717) is 12.5 Å². The number of ether oxygens (including phenoxy) is 1. The summed E-state index contributed by atoms with van der Waals surface area (Å²) in [4.78, 5) is 15.0. The van der Waals surface area contributed by atoms with E-state index < -0.39 is 0 Å². The molecule has 178 valence electrons. The SMILES string of the molecule is O=C(O[C@H]1C[N+]2(CCCc3ccccc3)CCC1CC2)N(Cc1cccc(F)c1)c1cccs1. The van der Waals surface area contributed by atoms with E-state index in [0.717, 1.165) is 53.8 Å². The summed E-state index contributed by atoms with van der Waals surface area (Å²) in [7, 11) is 0. The number of quaternary nitrogens is 1. The van der Waals surface area contributed by atoms with Crippen molar-refractivity contribution in [2.75, 3.05) is 31.1 Å². The van der Waals surface area contributed by atoms with Gasteiger partial charge in [-0.2, -0.15) is 0 Å². The van der Waals surface area contributed by atoms with Crippen LogP contribution in [0.4, 0.5) is 14.2 Å². The van der Waals surface area contributed by atoms with Gasteiger partial charge in [0.1, 0.15) is 17.4 Å². The molecule has 2 aromatic carbocycles. The number of rotatable bonds is 8. The molecule has 0 radical (unpaired) electrons. The second-order valence-corrected chi connectivity index (χ2v) is 10.6. The number of amides is 1. The number of carbonyl (C=O) groups excluding carboxylic acids is 1. The molecule has 1 atom stereocenters. The van der Waals surface area contributed by atoms with E-state index in [1.165, 1.54) is 42.1 Å². The van der Waals surface area contributed by atoms with Crippen LogP contribution in [0.15, 0.2) is 72.1 Å². The normalized spacial score (nSPS) is 23.6. The quantitative estimate of drug-likeness (QED) is 0.356. The predicted molar refractivity (Wildman–Crippen MR) is 134 cm³/mol. The van der Waals surface area contributed by atoms with E-state index in [9.17, 15) is 9.18 Å². The fourth-order valence-electron chi connectivity index (χ4n) is 5.60. The minimum Gasteiger partial charge on any atom is -0.439 e. The summed E-state index contributed by atoms with van der Waals surface area (Å²) >= 11 is 1.50. The first-order valence-electron chi connectivity index (χ1n) is 12.3. The molecule has 6 heteroatoms. The Kier molecular flexibility index (Phi) is 6.97.